The third-order valence-electron chi connectivity index (χ3n) is 5.75. The van der Waals surface area contributed by atoms with Crippen molar-refractivity contribution in [1.29, 1.82) is 0 Å². The van der Waals surface area contributed by atoms with Gasteiger partial charge in [0.2, 0.25) is 11.8 Å². The Labute approximate surface area is 182 Å². The number of aromatic amines is 1. The van der Waals surface area contributed by atoms with Crippen molar-refractivity contribution in [1.82, 2.24) is 25.9 Å². The molecule has 1 aliphatic rings. The minimum absolute atomic E-state index is 0.0122. The fraction of sp³-hybridized carbons (Fsp3) is 0.375. The number of benzene rings is 2. The van der Waals surface area contributed by atoms with Gasteiger partial charge in [0.25, 0.3) is 0 Å². The topological polar surface area (TPSA) is 98.9 Å². The standard InChI is InChI=1S/C24H29N5O2/c1-16(30)25-13-7-6-12-21(23-27-19-10-4-5-11-20(19)28-23)29-24(31)22-14-17-8-2-3-9-18(17)15-26-22/h2-5,8-11,21-22,26H,6-7,12-15H2,1H3,(H,25,30)(H,27,28)(H,29,31)/t21-,22?/m0/s1. The van der Waals surface area contributed by atoms with Crippen LogP contribution in [0.1, 0.15) is 49.2 Å². The van der Waals surface area contributed by atoms with Crippen LogP contribution in [0.15, 0.2) is 48.5 Å². The van der Waals surface area contributed by atoms with Crippen LogP contribution in [0.3, 0.4) is 0 Å². The van der Waals surface area contributed by atoms with Gasteiger partial charge in [-0.2, -0.15) is 0 Å². The second-order valence-corrected chi connectivity index (χ2v) is 8.09. The number of nitrogens with one attached hydrogen (secondary N) is 4. The lowest BCUT2D eigenvalue weighted by atomic mass is 9.95. The van der Waals surface area contributed by atoms with E-state index in [-0.39, 0.29) is 23.9 Å². The van der Waals surface area contributed by atoms with E-state index < -0.39 is 0 Å². The Hall–Kier alpha value is -3.19. The average molecular weight is 420 g/mol. The summed E-state index contributed by atoms with van der Waals surface area (Å²) in [4.78, 5) is 32.3. The van der Waals surface area contributed by atoms with Gasteiger partial charge in [0.05, 0.1) is 23.1 Å². The maximum Gasteiger partial charge on any atom is 0.238 e. The summed E-state index contributed by atoms with van der Waals surface area (Å²) in [6.45, 7) is 2.85. The number of rotatable bonds is 8. The van der Waals surface area contributed by atoms with Crippen molar-refractivity contribution in [2.45, 2.75) is 51.2 Å². The number of para-hydroxylation sites is 2. The zero-order valence-electron chi connectivity index (χ0n) is 17.8. The summed E-state index contributed by atoms with van der Waals surface area (Å²) in [5.41, 5.74) is 4.31. The van der Waals surface area contributed by atoms with Crippen LogP contribution in [-0.2, 0) is 22.6 Å². The number of unbranched alkanes of at least 4 members (excludes halogenated alkanes) is 1. The number of hydrogen-bond donors (Lipinski definition) is 4. The highest BCUT2D eigenvalue weighted by Gasteiger charge is 2.27. The molecule has 2 aromatic carbocycles. The molecule has 2 atom stereocenters. The van der Waals surface area contributed by atoms with Gasteiger partial charge >= 0.3 is 0 Å². The first-order valence-electron chi connectivity index (χ1n) is 10.9. The predicted octanol–water partition coefficient (Wildman–Crippen LogP) is 2.74. The quantitative estimate of drug-likeness (QED) is 0.422. The smallest absolute Gasteiger partial charge is 0.238 e. The number of carbonyl (C=O) groups is 2. The lowest BCUT2D eigenvalue weighted by Crippen LogP contribution is -2.48. The number of H-pyrrole nitrogens is 1. The van der Waals surface area contributed by atoms with Gasteiger partial charge in [-0.15, -0.1) is 0 Å². The Bertz CT molecular complexity index is 1030. The molecule has 0 spiro atoms. The molecule has 0 radical (unpaired) electrons. The Morgan fingerprint density at radius 2 is 1.87 bits per heavy atom. The van der Waals surface area contributed by atoms with E-state index >= 15 is 0 Å². The molecule has 1 unspecified atom stereocenters. The molecule has 0 saturated heterocycles. The number of imidazole rings is 1. The maximum absolute atomic E-state index is 13.1. The van der Waals surface area contributed by atoms with E-state index in [1.165, 1.54) is 18.1 Å². The number of carbonyl (C=O) groups excluding carboxylic acids is 2. The Morgan fingerprint density at radius 3 is 2.68 bits per heavy atom. The van der Waals surface area contributed by atoms with Crippen molar-refractivity contribution in [3.05, 3.63) is 65.5 Å². The average Bonchev–Trinajstić information content (AvgIpc) is 3.21. The third-order valence-corrected chi connectivity index (χ3v) is 5.75. The van der Waals surface area contributed by atoms with Gasteiger partial charge in [0.15, 0.2) is 0 Å². The van der Waals surface area contributed by atoms with E-state index in [0.29, 0.717) is 19.5 Å². The second kappa shape index (κ2) is 9.75. The summed E-state index contributed by atoms with van der Waals surface area (Å²) < 4.78 is 0. The third kappa shape index (κ3) is 5.30. The second-order valence-electron chi connectivity index (χ2n) is 8.09. The van der Waals surface area contributed by atoms with Crippen LogP contribution in [0, 0.1) is 0 Å². The van der Waals surface area contributed by atoms with E-state index in [2.05, 4.69) is 33.1 Å². The summed E-state index contributed by atoms with van der Waals surface area (Å²) in [5.74, 6) is 0.734. The fourth-order valence-corrected chi connectivity index (χ4v) is 4.06. The van der Waals surface area contributed by atoms with Crippen molar-refractivity contribution in [3.63, 3.8) is 0 Å². The molecule has 0 bridgehead atoms. The van der Waals surface area contributed by atoms with Crippen LogP contribution >= 0.6 is 0 Å². The van der Waals surface area contributed by atoms with Crippen LogP contribution in [0.2, 0.25) is 0 Å². The van der Waals surface area contributed by atoms with Gasteiger partial charge < -0.3 is 20.9 Å². The highest BCUT2D eigenvalue weighted by Crippen LogP contribution is 2.22. The minimum atomic E-state index is -0.263. The van der Waals surface area contributed by atoms with E-state index in [9.17, 15) is 9.59 Å². The first-order valence-corrected chi connectivity index (χ1v) is 10.9. The highest BCUT2D eigenvalue weighted by molar-refractivity contribution is 5.83. The molecular formula is C24H29N5O2. The molecule has 0 aliphatic carbocycles. The molecule has 7 heteroatoms. The monoisotopic (exact) mass is 419 g/mol. The SMILES string of the molecule is CC(=O)NCCCC[C@H](NC(=O)C1Cc2ccccc2CN1)c1nc2ccccc2[nH]1. The molecule has 4 rings (SSSR count). The Morgan fingerprint density at radius 1 is 1.10 bits per heavy atom. The van der Waals surface area contributed by atoms with Crippen LogP contribution in [0.25, 0.3) is 11.0 Å². The molecule has 3 aromatic rings. The molecule has 2 amide bonds. The molecule has 7 nitrogen and oxygen atoms in total. The molecule has 2 heterocycles. The summed E-state index contributed by atoms with van der Waals surface area (Å²) in [6.07, 6.45) is 3.14. The molecule has 162 valence electrons. The number of hydrogen-bond acceptors (Lipinski definition) is 4. The Balaban J connectivity index is 1.44. The number of aromatic nitrogens is 2. The summed E-state index contributed by atoms with van der Waals surface area (Å²) in [5, 5.41) is 9.39. The van der Waals surface area contributed by atoms with Crippen LogP contribution < -0.4 is 16.0 Å². The van der Waals surface area contributed by atoms with Crippen molar-refractivity contribution >= 4 is 22.8 Å². The van der Waals surface area contributed by atoms with Gasteiger partial charge in [0.1, 0.15) is 5.82 Å². The molecule has 0 fully saturated rings. The summed E-state index contributed by atoms with van der Waals surface area (Å²) in [6, 6.07) is 15.6. The zero-order valence-corrected chi connectivity index (χ0v) is 17.8. The molecule has 1 aliphatic heterocycles. The highest BCUT2D eigenvalue weighted by atomic mass is 16.2. The summed E-state index contributed by atoms with van der Waals surface area (Å²) in [7, 11) is 0. The first kappa shape index (κ1) is 21.1. The van der Waals surface area contributed by atoms with E-state index in [4.69, 9.17) is 4.98 Å². The molecule has 31 heavy (non-hydrogen) atoms. The van der Waals surface area contributed by atoms with Crippen LogP contribution in [0.5, 0.6) is 0 Å². The van der Waals surface area contributed by atoms with Crippen molar-refractivity contribution in [3.8, 4) is 0 Å². The lowest BCUT2D eigenvalue weighted by Gasteiger charge is -2.27. The van der Waals surface area contributed by atoms with Gasteiger partial charge in [-0.3, -0.25) is 9.59 Å². The predicted molar refractivity (Wildman–Crippen MR) is 120 cm³/mol. The zero-order chi connectivity index (χ0) is 21.6. The molecule has 4 N–H and O–H groups in total. The molecule has 0 saturated carbocycles. The van der Waals surface area contributed by atoms with Crippen LogP contribution in [-0.4, -0.2) is 34.4 Å². The number of fused-ring (bicyclic) bond motifs is 2. The van der Waals surface area contributed by atoms with E-state index in [1.54, 1.807) is 0 Å². The van der Waals surface area contributed by atoms with E-state index in [0.717, 1.165) is 36.1 Å². The van der Waals surface area contributed by atoms with Gasteiger partial charge in [0, 0.05) is 20.0 Å². The number of amides is 2. The minimum Gasteiger partial charge on any atom is -0.356 e. The maximum atomic E-state index is 13.1. The number of nitrogens with zero attached hydrogens (tertiary/aromatic N) is 1. The van der Waals surface area contributed by atoms with Gasteiger partial charge in [-0.25, -0.2) is 4.98 Å². The van der Waals surface area contributed by atoms with Crippen molar-refractivity contribution in [2.75, 3.05) is 6.54 Å². The largest absolute Gasteiger partial charge is 0.356 e. The summed E-state index contributed by atoms with van der Waals surface area (Å²) >= 11 is 0. The lowest BCUT2D eigenvalue weighted by molar-refractivity contribution is -0.124. The molecule has 1 aromatic heterocycles. The normalized spacial score (nSPS) is 16.5. The van der Waals surface area contributed by atoms with Gasteiger partial charge in [-0.05, 0) is 48.9 Å². The van der Waals surface area contributed by atoms with Crippen LogP contribution in [0.4, 0.5) is 0 Å². The fourth-order valence-electron chi connectivity index (χ4n) is 4.06. The van der Waals surface area contributed by atoms with Crippen molar-refractivity contribution in [2.24, 2.45) is 0 Å². The first-order chi connectivity index (χ1) is 15.1. The van der Waals surface area contributed by atoms with E-state index in [1.807, 2.05) is 36.4 Å². The molecular weight excluding hydrogens is 390 g/mol. The van der Waals surface area contributed by atoms with Gasteiger partial charge in [-0.1, -0.05) is 36.4 Å². The Kier molecular flexibility index (Phi) is 6.62. The van der Waals surface area contributed by atoms with Crippen molar-refractivity contribution < 1.29 is 9.59 Å².